The summed E-state index contributed by atoms with van der Waals surface area (Å²) in [6, 6.07) is 11.4. The Hall–Kier alpha value is -2.53. The van der Waals surface area contributed by atoms with Gasteiger partial charge < -0.3 is 4.90 Å². The van der Waals surface area contributed by atoms with E-state index in [1.165, 1.54) is 0 Å². The lowest BCUT2D eigenvalue weighted by atomic mass is 9.86. The topological polar surface area (TPSA) is 53.5 Å². The van der Waals surface area contributed by atoms with E-state index in [2.05, 4.69) is 36.7 Å². The number of piperazine rings is 1. The van der Waals surface area contributed by atoms with Gasteiger partial charge in [-0.15, -0.1) is 0 Å². The molecule has 2 aromatic rings. The molecule has 0 radical (unpaired) electrons. The molecule has 0 N–H and O–H groups in total. The first-order valence-electron chi connectivity index (χ1n) is 9.40. The zero-order valence-electron chi connectivity index (χ0n) is 16.3. The minimum absolute atomic E-state index is 0.0240. The van der Waals surface area contributed by atoms with Crippen molar-refractivity contribution in [2.75, 3.05) is 26.2 Å². The molecule has 1 fully saturated rings. The number of benzene rings is 1. The first kappa shape index (κ1) is 19.2. The van der Waals surface area contributed by atoms with E-state index in [9.17, 15) is 9.59 Å². The molecule has 0 spiro atoms. The van der Waals surface area contributed by atoms with Crippen molar-refractivity contribution in [3.63, 3.8) is 0 Å². The number of hydrogen-bond acceptors (Lipinski definition) is 4. The maximum absolute atomic E-state index is 12.6. The van der Waals surface area contributed by atoms with Crippen molar-refractivity contribution in [1.82, 2.24) is 14.8 Å². The number of ketones is 1. The van der Waals surface area contributed by atoms with Crippen molar-refractivity contribution >= 4 is 11.7 Å². The zero-order valence-corrected chi connectivity index (χ0v) is 16.3. The second-order valence-corrected chi connectivity index (χ2v) is 8.09. The molecule has 5 nitrogen and oxygen atoms in total. The summed E-state index contributed by atoms with van der Waals surface area (Å²) in [7, 11) is 0. The highest BCUT2D eigenvalue weighted by molar-refractivity contribution is 6.42. The molecule has 1 saturated heterocycles. The number of aromatic nitrogens is 1. The molecule has 142 valence electrons. The molecule has 27 heavy (non-hydrogen) atoms. The Bertz CT molecular complexity index is 787. The van der Waals surface area contributed by atoms with E-state index in [0.717, 1.165) is 30.8 Å². The van der Waals surface area contributed by atoms with Gasteiger partial charge in [0.25, 0.3) is 5.91 Å². The minimum Gasteiger partial charge on any atom is -0.333 e. The van der Waals surface area contributed by atoms with Gasteiger partial charge in [0.05, 0.1) is 0 Å². The van der Waals surface area contributed by atoms with Crippen LogP contribution in [0.15, 0.2) is 48.8 Å². The molecule has 1 aromatic heterocycles. The highest BCUT2D eigenvalue weighted by atomic mass is 16.2. The van der Waals surface area contributed by atoms with Crippen LogP contribution in [0, 0.1) is 0 Å². The summed E-state index contributed by atoms with van der Waals surface area (Å²) in [6.07, 6.45) is 3.63. The van der Waals surface area contributed by atoms with Crippen LogP contribution in [-0.2, 0) is 16.8 Å². The smallest absolute Gasteiger partial charge is 0.295 e. The first-order chi connectivity index (χ1) is 12.8. The third-order valence-electron chi connectivity index (χ3n) is 5.00. The van der Waals surface area contributed by atoms with Crippen LogP contribution < -0.4 is 0 Å². The average Bonchev–Trinajstić information content (AvgIpc) is 2.68. The van der Waals surface area contributed by atoms with Gasteiger partial charge in [0.2, 0.25) is 5.78 Å². The molecule has 0 unspecified atom stereocenters. The molecule has 3 rings (SSSR count). The number of rotatable bonds is 4. The molecular weight excluding hydrogens is 338 g/mol. The molecule has 1 amide bonds. The fraction of sp³-hybridized carbons (Fsp3) is 0.409. The normalized spacial score (nSPS) is 15.6. The van der Waals surface area contributed by atoms with Crippen molar-refractivity contribution in [1.29, 1.82) is 0 Å². The molecule has 0 aliphatic carbocycles. The molecule has 0 atom stereocenters. The summed E-state index contributed by atoms with van der Waals surface area (Å²) in [4.78, 5) is 33.2. The largest absolute Gasteiger partial charge is 0.333 e. The van der Waals surface area contributed by atoms with Gasteiger partial charge >= 0.3 is 0 Å². The Morgan fingerprint density at radius 3 is 2.22 bits per heavy atom. The van der Waals surface area contributed by atoms with Crippen molar-refractivity contribution in [3.05, 3.63) is 65.5 Å². The second kappa shape index (κ2) is 8.01. The van der Waals surface area contributed by atoms with Gasteiger partial charge in [0.15, 0.2) is 0 Å². The van der Waals surface area contributed by atoms with Crippen LogP contribution in [0.25, 0.3) is 0 Å². The van der Waals surface area contributed by atoms with Crippen LogP contribution in [0.5, 0.6) is 0 Å². The van der Waals surface area contributed by atoms with Crippen molar-refractivity contribution in [3.8, 4) is 0 Å². The van der Waals surface area contributed by atoms with E-state index < -0.39 is 11.7 Å². The van der Waals surface area contributed by atoms with Crippen LogP contribution in [0.4, 0.5) is 0 Å². The van der Waals surface area contributed by atoms with Gasteiger partial charge in [-0.2, -0.15) is 0 Å². The number of carbonyl (C=O) groups excluding carboxylic acids is 2. The average molecular weight is 365 g/mol. The van der Waals surface area contributed by atoms with Crippen molar-refractivity contribution in [2.45, 2.75) is 32.7 Å². The predicted molar refractivity (Wildman–Crippen MR) is 106 cm³/mol. The molecule has 1 aliphatic rings. The molecule has 0 saturated carbocycles. The fourth-order valence-electron chi connectivity index (χ4n) is 3.25. The van der Waals surface area contributed by atoms with E-state index in [4.69, 9.17) is 0 Å². The Balaban J connectivity index is 1.56. The number of Topliss-reactive ketones (excluding diaryl/α,β-unsaturated/α-hetero) is 1. The summed E-state index contributed by atoms with van der Waals surface area (Å²) < 4.78 is 0. The summed E-state index contributed by atoms with van der Waals surface area (Å²) >= 11 is 0. The summed E-state index contributed by atoms with van der Waals surface area (Å²) in [6.45, 7) is 9.86. The molecule has 1 aliphatic heterocycles. The van der Waals surface area contributed by atoms with Gasteiger partial charge in [0, 0.05) is 50.7 Å². The van der Waals surface area contributed by atoms with Gasteiger partial charge in [0.1, 0.15) is 0 Å². The summed E-state index contributed by atoms with van der Waals surface area (Å²) in [5.41, 5.74) is 2.80. The SMILES string of the molecule is CC(C)(C)c1ccc(C(=O)C(=O)N2CCN(Cc3cccnc3)CC2)cc1. The first-order valence-corrected chi connectivity index (χ1v) is 9.40. The van der Waals surface area contributed by atoms with E-state index in [1.54, 1.807) is 23.2 Å². The Kier molecular flexibility index (Phi) is 5.71. The highest BCUT2D eigenvalue weighted by Gasteiger charge is 2.27. The number of nitrogens with zero attached hydrogens (tertiary/aromatic N) is 3. The van der Waals surface area contributed by atoms with Crippen LogP contribution in [0.1, 0.15) is 42.3 Å². The minimum atomic E-state index is -0.420. The van der Waals surface area contributed by atoms with E-state index in [0.29, 0.717) is 18.7 Å². The van der Waals surface area contributed by atoms with E-state index >= 15 is 0 Å². The van der Waals surface area contributed by atoms with E-state index in [-0.39, 0.29) is 5.41 Å². The van der Waals surface area contributed by atoms with E-state index in [1.807, 2.05) is 24.4 Å². The van der Waals surface area contributed by atoms with Crippen LogP contribution in [-0.4, -0.2) is 52.7 Å². The summed E-state index contributed by atoms with van der Waals surface area (Å²) in [5, 5.41) is 0. The predicted octanol–water partition coefficient (Wildman–Crippen LogP) is 2.91. The standard InChI is InChI=1S/C22H27N3O2/c1-22(2,3)19-8-6-18(7-9-19)20(26)21(27)25-13-11-24(12-14-25)16-17-5-4-10-23-15-17/h4-10,15H,11-14,16H2,1-3H3. The van der Waals surface area contributed by atoms with Gasteiger partial charge in [-0.1, -0.05) is 51.1 Å². The second-order valence-electron chi connectivity index (χ2n) is 8.09. The monoisotopic (exact) mass is 365 g/mol. The third kappa shape index (κ3) is 4.80. The van der Waals surface area contributed by atoms with Gasteiger partial charge in [-0.25, -0.2) is 0 Å². The lowest BCUT2D eigenvalue weighted by Gasteiger charge is -2.34. The lowest BCUT2D eigenvalue weighted by Crippen LogP contribution is -2.50. The molecule has 2 heterocycles. The number of carbonyl (C=O) groups is 2. The van der Waals surface area contributed by atoms with Crippen LogP contribution in [0.3, 0.4) is 0 Å². The summed E-state index contributed by atoms with van der Waals surface area (Å²) in [5.74, 6) is -0.823. The maximum atomic E-state index is 12.6. The van der Waals surface area contributed by atoms with Crippen LogP contribution >= 0.6 is 0 Å². The maximum Gasteiger partial charge on any atom is 0.295 e. The number of pyridine rings is 1. The van der Waals surface area contributed by atoms with Crippen LogP contribution in [0.2, 0.25) is 0 Å². The number of amides is 1. The molecule has 0 bridgehead atoms. The Morgan fingerprint density at radius 1 is 1.00 bits per heavy atom. The van der Waals surface area contributed by atoms with Gasteiger partial charge in [-0.3, -0.25) is 19.5 Å². The molecule has 1 aromatic carbocycles. The fourth-order valence-corrected chi connectivity index (χ4v) is 3.25. The lowest BCUT2D eigenvalue weighted by molar-refractivity contribution is -0.128. The third-order valence-corrected chi connectivity index (χ3v) is 5.00. The Labute approximate surface area is 161 Å². The molecule has 5 heteroatoms. The molecular formula is C22H27N3O2. The zero-order chi connectivity index (χ0) is 19.4. The Morgan fingerprint density at radius 2 is 1.67 bits per heavy atom. The van der Waals surface area contributed by atoms with Gasteiger partial charge in [-0.05, 0) is 22.6 Å². The highest BCUT2D eigenvalue weighted by Crippen LogP contribution is 2.22. The van der Waals surface area contributed by atoms with Crippen molar-refractivity contribution < 1.29 is 9.59 Å². The van der Waals surface area contributed by atoms with Crippen molar-refractivity contribution in [2.24, 2.45) is 0 Å². The quantitative estimate of drug-likeness (QED) is 0.618. The number of hydrogen-bond donors (Lipinski definition) is 0.